The fourth-order valence-corrected chi connectivity index (χ4v) is 4.69. The van der Waals surface area contributed by atoms with Crippen LogP contribution in [-0.4, -0.2) is 30.0 Å². The maximum absolute atomic E-state index is 13.5. The van der Waals surface area contributed by atoms with Crippen LogP contribution in [0.1, 0.15) is 62.9 Å². The lowest BCUT2D eigenvalue weighted by Gasteiger charge is -2.27. The van der Waals surface area contributed by atoms with Crippen molar-refractivity contribution in [1.82, 2.24) is 0 Å². The van der Waals surface area contributed by atoms with Gasteiger partial charge in [-0.05, 0) is 73.7 Å². The van der Waals surface area contributed by atoms with Crippen molar-refractivity contribution in [3.63, 3.8) is 0 Å². The minimum absolute atomic E-state index is 0.000665. The summed E-state index contributed by atoms with van der Waals surface area (Å²) in [5.41, 5.74) is 3.56. The molecule has 0 bridgehead atoms. The highest BCUT2D eigenvalue weighted by atomic mass is 16.5. The average Bonchev–Trinajstić information content (AvgIpc) is 3.13. The molecule has 1 aliphatic heterocycles. The molecule has 1 heterocycles. The van der Waals surface area contributed by atoms with Crippen molar-refractivity contribution >= 4 is 23.1 Å². The summed E-state index contributed by atoms with van der Waals surface area (Å²) in [5, 5.41) is 11.5. The second-order valence-corrected chi connectivity index (χ2v) is 10.9. The highest BCUT2D eigenvalue weighted by Gasteiger charge is 2.47. The van der Waals surface area contributed by atoms with Crippen molar-refractivity contribution in [2.45, 2.75) is 59.1 Å². The zero-order valence-corrected chi connectivity index (χ0v) is 23.0. The van der Waals surface area contributed by atoms with E-state index in [4.69, 9.17) is 9.47 Å². The molecule has 1 amide bonds. The number of aryl methyl sites for hydroxylation is 1. The number of rotatable bonds is 6. The summed E-state index contributed by atoms with van der Waals surface area (Å²) < 4.78 is 11.2. The van der Waals surface area contributed by atoms with Gasteiger partial charge in [0.25, 0.3) is 11.7 Å². The van der Waals surface area contributed by atoms with Crippen LogP contribution < -0.4 is 14.4 Å². The summed E-state index contributed by atoms with van der Waals surface area (Å²) in [6.07, 6.45) is 0.000665. The standard InChI is InChI=1S/C32H35NO5/c1-19(2)38-24-15-13-23(14-16-24)33-28(21-9-11-22(12-10-21)32(4,5)6)27(30(35)31(33)36)29(34)25-18-20(3)8-17-26(25)37-7/h8-19,28,34H,1-7H3/b29-27+. The Hall–Kier alpha value is -4.06. The number of methoxy groups -OCH3 is 1. The molecule has 1 saturated heterocycles. The van der Waals surface area contributed by atoms with E-state index < -0.39 is 17.7 Å². The molecule has 0 aromatic heterocycles. The third kappa shape index (κ3) is 5.17. The number of hydrogen-bond donors (Lipinski definition) is 1. The molecular weight excluding hydrogens is 478 g/mol. The first-order chi connectivity index (χ1) is 17.9. The molecule has 0 spiro atoms. The van der Waals surface area contributed by atoms with Crippen LogP contribution in [0.3, 0.4) is 0 Å². The molecule has 6 heteroatoms. The molecule has 0 radical (unpaired) electrons. The van der Waals surface area contributed by atoms with Gasteiger partial charge in [-0.15, -0.1) is 0 Å². The third-order valence-corrected chi connectivity index (χ3v) is 6.63. The molecule has 1 atom stereocenters. The van der Waals surface area contributed by atoms with Crippen LogP contribution in [0.5, 0.6) is 11.5 Å². The second-order valence-electron chi connectivity index (χ2n) is 10.9. The Morgan fingerprint density at radius 1 is 0.947 bits per heavy atom. The largest absolute Gasteiger partial charge is 0.507 e. The number of ether oxygens (including phenoxy) is 2. The van der Waals surface area contributed by atoms with Crippen LogP contribution in [0.25, 0.3) is 5.76 Å². The smallest absolute Gasteiger partial charge is 0.300 e. The lowest BCUT2D eigenvalue weighted by atomic mass is 9.85. The predicted molar refractivity (Wildman–Crippen MR) is 150 cm³/mol. The molecule has 38 heavy (non-hydrogen) atoms. The van der Waals surface area contributed by atoms with Gasteiger partial charge in [0, 0.05) is 5.69 Å². The Morgan fingerprint density at radius 3 is 2.13 bits per heavy atom. The zero-order chi connectivity index (χ0) is 27.8. The number of aliphatic hydroxyl groups excluding tert-OH is 1. The summed E-state index contributed by atoms with van der Waals surface area (Å²) in [7, 11) is 1.50. The molecule has 1 fully saturated rings. The number of Topliss-reactive ketones (excluding diaryl/α,β-unsaturated/α-hetero) is 1. The lowest BCUT2D eigenvalue weighted by Crippen LogP contribution is -2.29. The van der Waals surface area contributed by atoms with Crippen molar-refractivity contribution < 1.29 is 24.2 Å². The fourth-order valence-electron chi connectivity index (χ4n) is 4.69. The quantitative estimate of drug-likeness (QED) is 0.225. The van der Waals surface area contributed by atoms with Gasteiger partial charge in [0.1, 0.15) is 17.3 Å². The number of hydrogen-bond acceptors (Lipinski definition) is 5. The number of amides is 1. The SMILES string of the molecule is COc1ccc(C)cc1/C(O)=C1\C(=O)C(=O)N(c2ccc(OC(C)C)cc2)C1c1ccc(C(C)(C)C)cc1. The van der Waals surface area contributed by atoms with Crippen LogP contribution in [0.15, 0.2) is 72.3 Å². The van der Waals surface area contributed by atoms with Crippen LogP contribution in [0.4, 0.5) is 5.69 Å². The molecule has 4 rings (SSSR count). The van der Waals surface area contributed by atoms with Crippen LogP contribution >= 0.6 is 0 Å². The summed E-state index contributed by atoms with van der Waals surface area (Å²) in [5.74, 6) is -0.651. The van der Waals surface area contributed by atoms with E-state index in [1.165, 1.54) is 12.0 Å². The van der Waals surface area contributed by atoms with Crippen molar-refractivity contribution in [2.24, 2.45) is 0 Å². The second kappa shape index (κ2) is 10.4. The molecule has 6 nitrogen and oxygen atoms in total. The molecular formula is C32H35NO5. The van der Waals surface area contributed by atoms with Gasteiger partial charge in [-0.25, -0.2) is 0 Å². The van der Waals surface area contributed by atoms with Gasteiger partial charge in [0.05, 0.1) is 30.4 Å². The highest BCUT2D eigenvalue weighted by molar-refractivity contribution is 6.51. The molecule has 3 aromatic rings. The Balaban J connectivity index is 1.92. The number of nitrogens with zero attached hydrogens (tertiary/aromatic N) is 1. The number of ketones is 1. The van der Waals surface area contributed by atoms with Gasteiger partial charge in [-0.2, -0.15) is 0 Å². The van der Waals surface area contributed by atoms with Gasteiger partial charge in [0.2, 0.25) is 0 Å². The van der Waals surface area contributed by atoms with Crippen molar-refractivity contribution in [2.75, 3.05) is 12.0 Å². The predicted octanol–water partition coefficient (Wildman–Crippen LogP) is 6.71. The van der Waals surface area contributed by atoms with E-state index in [1.807, 2.05) is 51.1 Å². The van der Waals surface area contributed by atoms with E-state index in [1.54, 1.807) is 36.4 Å². The number of carbonyl (C=O) groups is 2. The van der Waals surface area contributed by atoms with E-state index in [-0.39, 0.29) is 22.9 Å². The number of carbonyl (C=O) groups excluding carboxylic acids is 2. The zero-order valence-electron chi connectivity index (χ0n) is 23.0. The van der Waals surface area contributed by atoms with Gasteiger partial charge < -0.3 is 14.6 Å². The number of aliphatic hydroxyl groups is 1. The highest BCUT2D eigenvalue weighted by Crippen LogP contribution is 2.44. The monoisotopic (exact) mass is 513 g/mol. The fraction of sp³-hybridized carbons (Fsp3) is 0.312. The average molecular weight is 514 g/mol. The van der Waals surface area contributed by atoms with Crippen LogP contribution in [0, 0.1) is 6.92 Å². The van der Waals surface area contributed by atoms with Gasteiger partial charge in [-0.3, -0.25) is 14.5 Å². The summed E-state index contributed by atoms with van der Waals surface area (Å²) in [6.45, 7) is 12.1. The molecule has 1 N–H and O–H groups in total. The normalized spacial score (nSPS) is 17.3. The summed E-state index contributed by atoms with van der Waals surface area (Å²) >= 11 is 0. The van der Waals surface area contributed by atoms with Crippen molar-refractivity contribution in [1.29, 1.82) is 0 Å². The lowest BCUT2D eigenvalue weighted by molar-refractivity contribution is -0.132. The Kier molecular flexibility index (Phi) is 7.36. The topological polar surface area (TPSA) is 76.1 Å². The van der Waals surface area contributed by atoms with E-state index in [9.17, 15) is 14.7 Å². The Bertz CT molecular complexity index is 1380. The number of benzene rings is 3. The maximum Gasteiger partial charge on any atom is 0.300 e. The third-order valence-electron chi connectivity index (χ3n) is 6.63. The first-order valence-corrected chi connectivity index (χ1v) is 12.8. The minimum atomic E-state index is -0.828. The Morgan fingerprint density at radius 2 is 1.58 bits per heavy atom. The first-order valence-electron chi connectivity index (χ1n) is 12.8. The molecule has 1 unspecified atom stereocenters. The van der Waals surface area contributed by atoms with Crippen molar-refractivity contribution in [3.05, 3.63) is 94.6 Å². The molecule has 1 aliphatic rings. The number of anilines is 1. The van der Waals surface area contributed by atoms with E-state index in [0.29, 0.717) is 28.3 Å². The van der Waals surface area contributed by atoms with E-state index in [0.717, 1.165) is 11.1 Å². The van der Waals surface area contributed by atoms with Crippen LogP contribution in [0.2, 0.25) is 0 Å². The maximum atomic E-state index is 13.5. The van der Waals surface area contributed by atoms with Crippen LogP contribution in [-0.2, 0) is 15.0 Å². The molecule has 0 saturated carbocycles. The molecule has 198 valence electrons. The van der Waals surface area contributed by atoms with Gasteiger partial charge in [0.15, 0.2) is 0 Å². The Labute approximate surface area is 224 Å². The van der Waals surface area contributed by atoms with Gasteiger partial charge in [-0.1, -0.05) is 56.7 Å². The minimum Gasteiger partial charge on any atom is -0.507 e. The molecule has 0 aliphatic carbocycles. The summed E-state index contributed by atoms with van der Waals surface area (Å²) in [6, 6.07) is 19.4. The molecule has 3 aromatic carbocycles. The van der Waals surface area contributed by atoms with E-state index >= 15 is 0 Å². The van der Waals surface area contributed by atoms with E-state index in [2.05, 4.69) is 20.8 Å². The van der Waals surface area contributed by atoms with Gasteiger partial charge >= 0.3 is 0 Å². The van der Waals surface area contributed by atoms with Crippen molar-refractivity contribution in [3.8, 4) is 11.5 Å². The first kappa shape index (κ1) is 27.0. The summed E-state index contributed by atoms with van der Waals surface area (Å²) in [4.78, 5) is 28.5.